The molecule has 0 spiro atoms. The number of nitrogens with zero attached hydrogens (tertiary/aromatic N) is 3. The molecule has 4 heteroatoms. The highest BCUT2D eigenvalue weighted by molar-refractivity contribution is 5.61. The van der Waals surface area contributed by atoms with Gasteiger partial charge in [0.2, 0.25) is 5.82 Å². The maximum Gasteiger partial charge on any atom is 0.234 e. The lowest BCUT2D eigenvalue weighted by molar-refractivity contribution is 0.869. The van der Waals surface area contributed by atoms with E-state index >= 15 is 0 Å². The van der Waals surface area contributed by atoms with Gasteiger partial charge in [0.25, 0.3) is 0 Å². The average Bonchev–Trinajstić information content (AvgIpc) is 2.39. The largest absolute Gasteiger partial charge is 0.340 e. The fourth-order valence-electron chi connectivity index (χ4n) is 1.73. The zero-order valence-electron chi connectivity index (χ0n) is 10.4. The van der Waals surface area contributed by atoms with E-state index in [-0.39, 0.29) is 5.82 Å². The molecule has 2 rings (SSSR count). The molecule has 0 radical (unpaired) electrons. The lowest BCUT2D eigenvalue weighted by Crippen LogP contribution is -2.00. The molecule has 0 fully saturated rings. The molecule has 2 aromatic rings. The second kappa shape index (κ2) is 5.28. The van der Waals surface area contributed by atoms with Crippen molar-refractivity contribution in [2.75, 3.05) is 5.32 Å². The predicted octanol–water partition coefficient (Wildman–Crippen LogP) is 3.22. The Bertz CT molecular complexity index is 584. The Morgan fingerprint density at radius 2 is 2.00 bits per heavy atom. The fourth-order valence-corrected chi connectivity index (χ4v) is 1.73. The van der Waals surface area contributed by atoms with Gasteiger partial charge in [-0.05, 0) is 23.6 Å². The Hall–Kier alpha value is -2.41. The lowest BCUT2D eigenvalue weighted by atomic mass is 10.0. The van der Waals surface area contributed by atoms with E-state index in [2.05, 4.69) is 35.2 Å². The van der Waals surface area contributed by atoms with Crippen LogP contribution in [0.25, 0.3) is 0 Å². The average molecular weight is 238 g/mol. The van der Waals surface area contributed by atoms with Crippen molar-refractivity contribution in [3.8, 4) is 6.07 Å². The van der Waals surface area contributed by atoms with E-state index in [9.17, 15) is 0 Å². The first-order valence-corrected chi connectivity index (χ1v) is 5.80. The molecule has 1 aromatic carbocycles. The normalized spacial score (nSPS) is 10.1. The quantitative estimate of drug-likeness (QED) is 0.891. The predicted molar refractivity (Wildman–Crippen MR) is 70.6 cm³/mol. The summed E-state index contributed by atoms with van der Waals surface area (Å²) in [6, 6.07) is 11.8. The number of nitrogens with one attached hydrogen (secondary N) is 1. The Labute approximate surface area is 106 Å². The van der Waals surface area contributed by atoms with Crippen LogP contribution in [0.4, 0.5) is 11.5 Å². The second-order valence-electron chi connectivity index (χ2n) is 4.24. The van der Waals surface area contributed by atoms with Crippen LogP contribution < -0.4 is 5.32 Å². The molecule has 0 aliphatic carbocycles. The number of hydrogen-bond acceptors (Lipinski definition) is 4. The number of benzene rings is 1. The summed E-state index contributed by atoms with van der Waals surface area (Å²) in [5, 5.41) is 12.0. The van der Waals surface area contributed by atoms with Gasteiger partial charge in [-0.15, -0.1) is 0 Å². The van der Waals surface area contributed by atoms with Crippen LogP contribution in [0.5, 0.6) is 0 Å². The zero-order chi connectivity index (χ0) is 13.0. The Morgan fingerprint density at radius 3 is 2.72 bits per heavy atom. The summed E-state index contributed by atoms with van der Waals surface area (Å²) in [6.45, 7) is 4.28. The molecule has 4 nitrogen and oxygen atoms in total. The van der Waals surface area contributed by atoms with E-state index in [0.29, 0.717) is 11.7 Å². The van der Waals surface area contributed by atoms with Crippen molar-refractivity contribution in [2.45, 2.75) is 19.8 Å². The molecule has 0 amide bonds. The summed E-state index contributed by atoms with van der Waals surface area (Å²) in [6.07, 6.45) is 1.58. The van der Waals surface area contributed by atoms with Gasteiger partial charge in [0.05, 0.1) is 0 Å². The van der Waals surface area contributed by atoms with Crippen LogP contribution >= 0.6 is 0 Å². The summed E-state index contributed by atoms with van der Waals surface area (Å²) in [4.78, 5) is 7.95. The number of hydrogen-bond donors (Lipinski definition) is 1. The molecule has 1 heterocycles. The van der Waals surface area contributed by atoms with Crippen molar-refractivity contribution in [3.05, 3.63) is 47.9 Å². The Morgan fingerprint density at radius 1 is 1.22 bits per heavy atom. The number of rotatable bonds is 3. The van der Waals surface area contributed by atoms with Crippen molar-refractivity contribution in [3.63, 3.8) is 0 Å². The van der Waals surface area contributed by atoms with E-state index in [0.717, 1.165) is 5.69 Å². The first-order valence-electron chi connectivity index (χ1n) is 5.80. The summed E-state index contributed by atoms with van der Waals surface area (Å²) < 4.78 is 0. The fraction of sp³-hybridized carbons (Fsp3) is 0.214. The molecule has 1 aromatic heterocycles. The van der Waals surface area contributed by atoms with Gasteiger partial charge in [-0.25, -0.2) is 9.97 Å². The number of nitriles is 1. The monoisotopic (exact) mass is 238 g/mol. The van der Waals surface area contributed by atoms with E-state index in [1.165, 1.54) is 5.56 Å². The van der Waals surface area contributed by atoms with Gasteiger partial charge in [0.15, 0.2) is 0 Å². The third-order valence-corrected chi connectivity index (χ3v) is 2.60. The van der Waals surface area contributed by atoms with Crippen LogP contribution in [0.3, 0.4) is 0 Å². The molecule has 0 saturated carbocycles. The smallest absolute Gasteiger partial charge is 0.234 e. The van der Waals surface area contributed by atoms with Crippen LogP contribution in [-0.4, -0.2) is 9.97 Å². The SMILES string of the molecule is CC(C)c1ccccc1Nc1ccnc(C#N)n1. The standard InChI is InChI=1S/C14H14N4/c1-10(2)11-5-3-4-6-12(11)17-13-7-8-16-14(9-15)18-13/h3-8,10H,1-2H3,(H,16,17,18). The van der Waals surface area contributed by atoms with Gasteiger partial charge in [0, 0.05) is 11.9 Å². The van der Waals surface area contributed by atoms with Gasteiger partial charge in [-0.1, -0.05) is 32.0 Å². The van der Waals surface area contributed by atoms with Crippen molar-refractivity contribution in [1.82, 2.24) is 9.97 Å². The zero-order valence-corrected chi connectivity index (χ0v) is 10.4. The number of anilines is 2. The third kappa shape index (κ3) is 2.64. The second-order valence-corrected chi connectivity index (χ2v) is 4.24. The van der Waals surface area contributed by atoms with E-state index < -0.39 is 0 Å². The molecule has 1 N–H and O–H groups in total. The van der Waals surface area contributed by atoms with Crippen molar-refractivity contribution in [2.24, 2.45) is 0 Å². The Kier molecular flexibility index (Phi) is 3.54. The van der Waals surface area contributed by atoms with Gasteiger partial charge in [-0.3, -0.25) is 0 Å². The molecule has 90 valence electrons. The molecule has 0 atom stereocenters. The molecule has 0 aliphatic rings. The molecule has 0 aliphatic heterocycles. The van der Waals surface area contributed by atoms with Crippen LogP contribution in [-0.2, 0) is 0 Å². The minimum absolute atomic E-state index is 0.169. The Balaban J connectivity index is 2.31. The number of para-hydroxylation sites is 1. The summed E-state index contributed by atoms with van der Waals surface area (Å²) >= 11 is 0. The summed E-state index contributed by atoms with van der Waals surface area (Å²) in [5.74, 6) is 1.22. The van der Waals surface area contributed by atoms with Gasteiger partial charge in [-0.2, -0.15) is 5.26 Å². The summed E-state index contributed by atoms with van der Waals surface area (Å²) in [5.41, 5.74) is 2.23. The van der Waals surface area contributed by atoms with Crippen molar-refractivity contribution >= 4 is 11.5 Å². The first-order chi connectivity index (χ1) is 8.70. The molecular formula is C14H14N4. The molecule has 18 heavy (non-hydrogen) atoms. The lowest BCUT2D eigenvalue weighted by Gasteiger charge is -2.13. The van der Waals surface area contributed by atoms with Crippen LogP contribution in [0.15, 0.2) is 36.5 Å². The molecule has 0 saturated heterocycles. The van der Waals surface area contributed by atoms with Crippen molar-refractivity contribution in [1.29, 1.82) is 5.26 Å². The van der Waals surface area contributed by atoms with Gasteiger partial charge >= 0.3 is 0 Å². The molecular weight excluding hydrogens is 224 g/mol. The molecule has 0 unspecified atom stereocenters. The minimum atomic E-state index is 0.169. The number of aromatic nitrogens is 2. The first kappa shape index (κ1) is 12.1. The van der Waals surface area contributed by atoms with Crippen LogP contribution in [0.2, 0.25) is 0 Å². The third-order valence-electron chi connectivity index (χ3n) is 2.60. The van der Waals surface area contributed by atoms with E-state index in [1.807, 2.05) is 24.3 Å². The van der Waals surface area contributed by atoms with Gasteiger partial charge in [0.1, 0.15) is 11.9 Å². The van der Waals surface area contributed by atoms with E-state index in [4.69, 9.17) is 5.26 Å². The molecule has 0 bridgehead atoms. The van der Waals surface area contributed by atoms with Crippen LogP contribution in [0.1, 0.15) is 31.2 Å². The maximum atomic E-state index is 8.77. The minimum Gasteiger partial charge on any atom is -0.340 e. The van der Waals surface area contributed by atoms with Crippen molar-refractivity contribution < 1.29 is 0 Å². The highest BCUT2D eigenvalue weighted by Crippen LogP contribution is 2.25. The maximum absolute atomic E-state index is 8.77. The van der Waals surface area contributed by atoms with E-state index in [1.54, 1.807) is 12.3 Å². The van der Waals surface area contributed by atoms with Crippen LogP contribution in [0, 0.1) is 11.3 Å². The topological polar surface area (TPSA) is 61.6 Å². The highest BCUT2D eigenvalue weighted by Gasteiger charge is 2.06. The summed E-state index contributed by atoms with van der Waals surface area (Å²) in [7, 11) is 0. The highest BCUT2D eigenvalue weighted by atomic mass is 15.0. The van der Waals surface area contributed by atoms with Gasteiger partial charge < -0.3 is 5.32 Å².